The van der Waals surface area contributed by atoms with Crippen LogP contribution in [-0.4, -0.2) is 4.57 Å². The smallest absolute Gasteiger partial charge is 0.0547 e. The topological polar surface area (TPSA) is 8.17 Å². The van der Waals surface area contributed by atoms with Crippen LogP contribution in [0, 0.1) is 0 Å². The van der Waals surface area contributed by atoms with Gasteiger partial charge in [0, 0.05) is 33.5 Å². The minimum absolute atomic E-state index is 1.12. The Hall–Kier alpha value is -6.12. The van der Waals surface area contributed by atoms with Crippen molar-refractivity contribution in [2.75, 3.05) is 4.90 Å². The molecule has 2 heteroatoms. The fourth-order valence-electron chi connectivity index (χ4n) is 6.89. The lowest BCUT2D eigenvalue weighted by Crippen LogP contribution is -2.09. The average molecular weight is 587 g/mol. The van der Waals surface area contributed by atoms with E-state index in [1.807, 2.05) is 0 Å². The predicted molar refractivity (Wildman–Crippen MR) is 196 cm³/mol. The number of hydrogen-bond acceptors (Lipinski definition) is 1. The molecule has 0 N–H and O–H groups in total. The minimum atomic E-state index is 1.12. The maximum atomic E-state index is 2.41. The Morgan fingerprint density at radius 1 is 0.326 bits per heavy atom. The Morgan fingerprint density at radius 3 is 1.70 bits per heavy atom. The molecule has 0 aliphatic heterocycles. The van der Waals surface area contributed by atoms with Crippen molar-refractivity contribution in [3.05, 3.63) is 182 Å². The number of aromatic nitrogens is 1. The highest BCUT2D eigenvalue weighted by molar-refractivity contribution is 6.13. The van der Waals surface area contributed by atoms with Crippen molar-refractivity contribution in [2.24, 2.45) is 0 Å². The van der Waals surface area contributed by atoms with Gasteiger partial charge in [-0.3, -0.25) is 0 Å². The molecule has 2 nitrogen and oxygen atoms in total. The van der Waals surface area contributed by atoms with Crippen LogP contribution in [0.5, 0.6) is 0 Å². The second kappa shape index (κ2) is 10.8. The zero-order chi connectivity index (χ0) is 30.5. The van der Waals surface area contributed by atoms with Crippen LogP contribution in [0.15, 0.2) is 182 Å². The van der Waals surface area contributed by atoms with Crippen molar-refractivity contribution in [2.45, 2.75) is 0 Å². The minimum Gasteiger partial charge on any atom is -0.310 e. The zero-order valence-corrected chi connectivity index (χ0v) is 25.2. The van der Waals surface area contributed by atoms with Gasteiger partial charge in [-0.1, -0.05) is 115 Å². The average Bonchev–Trinajstić information content (AvgIpc) is 3.45. The summed E-state index contributed by atoms with van der Waals surface area (Å²) in [5.74, 6) is 0. The van der Waals surface area contributed by atoms with Crippen LogP contribution in [0.25, 0.3) is 60.2 Å². The summed E-state index contributed by atoms with van der Waals surface area (Å²) in [7, 11) is 0. The summed E-state index contributed by atoms with van der Waals surface area (Å²) in [5, 5.41) is 7.48. The molecule has 0 spiro atoms. The predicted octanol–water partition coefficient (Wildman–Crippen LogP) is 12.2. The molecule has 9 aromatic rings. The van der Waals surface area contributed by atoms with Crippen LogP contribution in [0.2, 0.25) is 0 Å². The lowest BCUT2D eigenvalue weighted by molar-refractivity contribution is 1.19. The maximum absolute atomic E-state index is 2.41. The van der Waals surface area contributed by atoms with Crippen molar-refractivity contribution in [1.29, 1.82) is 0 Å². The van der Waals surface area contributed by atoms with Crippen molar-refractivity contribution in [3.8, 4) is 16.8 Å². The van der Waals surface area contributed by atoms with Crippen molar-refractivity contribution in [3.63, 3.8) is 0 Å². The summed E-state index contributed by atoms with van der Waals surface area (Å²) in [6.07, 6.45) is 0. The van der Waals surface area contributed by atoms with E-state index >= 15 is 0 Å². The quantitative estimate of drug-likeness (QED) is 0.195. The fraction of sp³-hybridized carbons (Fsp3) is 0. The van der Waals surface area contributed by atoms with Gasteiger partial charge in [-0.2, -0.15) is 0 Å². The van der Waals surface area contributed by atoms with E-state index in [-0.39, 0.29) is 0 Å². The molecule has 1 aromatic heterocycles. The van der Waals surface area contributed by atoms with E-state index < -0.39 is 0 Å². The summed E-state index contributed by atoms with van der Waals surface area (Å²) in [5.41, 5.74) is 9.42. The summed E-state index contributed by atoms with van der Waals surface area (Å²) < 4.78 is 2.41. The molecule has 0 unspecified atom stereocenters. The van der Waals surface area contributed by atoms with Crippen LogP contribution in [0.4, 0.5) is 17.1 Å². The highest BCUT2D eigenvalue weighted by atomic mass is 15.1. The third-order valence-corrected chi connectivity index (χ3v) is 9.11. The largest absolute Gasteiger partial charge is 0.310 e. The van der Waals surface area contributed by atoms with Crippen LogP contribution in [0.1, 0.15) is 0 Å². The molecule has 0 bridgehead atoms. The molecule has 0 fully saturated rings. The van der Waals surface area contributed by atoms with E-state index in [1.54, 1.807) is 0 Å². The van der Waals surface area contributed by atoms with Gasteiger partial charge in [0.25, 0.3) is 0 Å². The molecular formula is C44H30N2. The van der Waals surface area contributed by atoms with Gasteiger partial charge in [-0.25, -0.2) is 0 Å². The first kappa shape index (κ1) is 26.3. The van der Waals surface area contributed by atoms with E-state index in [2.05, 4.69) is 191 Å². The lowest BCUT2D eigenvalue weighted by Gasteiger charge is -2.26. The number of hydrogen-bond donors (Lipinski definition) is 0. The van der Waals surface area contributed by atoms with E-state index in [1.165, 1.54) is 54.5 Å². The van der Waals surface area contributed by atoms with Crippen molar-refractivity contribution in [1.82, 2.24) is 4.57 Å². The van der Waals surface area contributed by atoms with Crippen LogP contribution in [0.3, 0.4) is 0 Å². The van der Waals surface area contributed by atoms with Crippen LogP contribution >= 0.6 is 0 Å². The highest BCUT2D eigenvalue weighted by Gasteiger charge is 2.16. The number of fused-ring (bicyclic) bond motifs is 5. The van der Waals surface area contributed by atoms with Crippen molar-refractivity contribution < 1.29 is 0 Å². The monoisotopic (exact) mass is 586 g/mol. The molecule has 9 rings (SSSR count). The van der Waals surface area contributed by atoms with Gasteiger partial charge < -0.3 is 9.47 Å². The first-order valence-corrected chi connectivity index (χ1v) is 15.8. The summed E-state index contributed by atoms with van der Waals surface area (Å²) in [4.78, 5) is 2.33. The maximum Gasteiger partial charge on any atom is 0.0547 e. The molecule has 8 aromatic carbocycles. The van der Waals surface area contributed by atoms with Crippen LogP contribution in [-0.2, 0) is 0 Å². The molecule has 0 radical (unpaired) electrons. The van der Waals surface area contributed by atoms with E-state index in [0.717, 1.165) is 22.7 Å². The van der Waals surface area contributed by atoms with E-state index in [4.69, 9.17) is 0 Å². The number of nitrogens with zero attached hydrogens (tertiary/aromatic N) is 2. The van der Waals surface area contributed by atoms with Crippen molar-refractivity contribution >= 4 is 60.4 Å². The van der Waals surface area contributed by atoms with Gasteiger partial charge in [-0.05, 0) is 99.4 Å². The molecule has 0 amide bonds. The highest BCUT2D eigenvalue weighted by Crippen LogP contribution is 2.39. The lowest BCUT2D eigenvalue weighted by atomic mass is 10.0. The summed E-state index contributed by atoms with van der Waals surface area (Å²) in [6, 6.07) is 65.7. The summed E-state index contributed by atoms with van der Waals surface area (Å²) >= 11 is 0. The van der Waals surface area contributed by atoms with E-state index in [0.29, 0.717) is 0 Å². The fourth-order valence-corrected chi connectivity index (χ4v) is 6.89. The standard InChI is InChI=1S/C44H30N2/c1-3-11-31(12-4-1)32-19-23-38(24-20-32)45(37-15-5-2-6-16-37)39-25-21-36-28-40(26-22-35(36)27-39)46-43-18-10-9-17-41(43)42-29-33-13-7-8-14-34(33)30-44(42)46/h1-30H. The Balaban J connectivity index is 1.16. The molecule has 0 aliphatic carbocycles. The molecule has 46 heavy (non-hydrogen) atoms. The Labute approximate surface area is 268 Å². The normalized spacial score (nSPS) is 11.5. The Bertz CT molecular complexity index is 2510. The van der Waals surface area contributed by atoms with Gasteiger partial charge in [0.15, 0.2) is 0 Å². The third-order valence-electron chi connectivity index (χ3n) is 9.11. The van der Waals surface area contributed by atoms with Gasteiger partial charge in [0.2, 0.25) is 0 Å². The van der Waals surface area contributed by atoms with Gasteiger partial charge in [-0.15, -0.1) is 0 Å². The number of anilines is 3. The van der Waals surface area contributed by atoms with Gasteiger partial charge in [0.1, 0.15) is 0 Å². The first-order valence-electron chi connectivity index (χ1n) is 15.8. The van der Waals surface area contributed by atoms with Crippen LogP contribution < -0.4 is 4.90 Å². The zero-order valence-electron chi connectivity index (χ0n) is 25.2. The molecular weight excluding hydrogens is 556 g/mol. The number of rotatable bonds is 5. The third kappa shape index (κ3) is 4.43. The first-order chi connectivity index (χ1) is 22.8. The Kier molecular flexibility index (Phi) is 6.17. The molecule has 1 heterocycles. The summed E-state index contributed by atoms with van der Waals surface area (Å²) in [6.45, 7) is 0. The molecule has 0 atom stereocenters. The molecule has 0 saturated carbocycles. The number of benzene rings is 8. The molecule has 0 saturated heterocycles. The molecule has 0 aliphatic rings. The second-order valence-corrected chi connectivity index (χ2v) is 11.9. The second-order valence-electron chi connectivity index (χ2n) is 11.9. The SMILES string of the molecule is c1ccc(-c2ccc(N(c3ccccc3)c3ccc4cc(-n5c6ccccc6c6cc7ccccc7cc65)ccc4c3)cc2)cc1. The van der Waals surface area contributed by atoms with E-state index in [9.17, 15) is 0 Å². The molecule has 216 valence electrons. The van der Waals surface area contributed by atoms with Gasteiger partial charge in [0.05, 0.1) is 11.0 Å². The Morgan fingerprint density at radius 2 is 0.891 bits per heavy atom. The van der Waals surface area contributed by atoms with Gasteiger partial charge >= 0.3 is 0 Å². The number of para-hydroxylation sites is 2.